The first-order chi connectivity index (χ1) is 12.0. The van der Waals surface area contributed by atoms with Crippen LogP contribution in [0.1, 0.15) is 30.9 Å². The van der Waals surface area contributed by atoms with Crippen LogP contribution >= 0.6 is 15.9 Å². The number of hydrogen-bond donors (Lipinski definition) is 1. The van der Waals surface area contributed by atoms with Crippen LogP contribution in [0.3, 0.4) is 0 Å². The van der Waals surface area contributed by atoms with Crippen LogP contribution in [0, 0.1) is 0 Å². The second kappa shape index (κ2) is 9.18. The van der Waals surface area contributed by atoms with Gasteiger partial charge in [-0.1, -0.05) is 60.1 Å². The molecular weight excluding hydrogens is 382 g/mol. The average Bonchev–Trinajstić information content (AvgIpc) is 2.58. The van der Waals surface area contributed by atoms with E-state index in [1.54, 1.807) is 6.08 Å². The predicted octanol–water partition coefficient (Wildman–Crippen LogP) is 4.77. The summed E-state index contributed by atoms with van der Waals surface area (Å²) < 4.78 is 5.90. The van der Waals surface area contributed by atoms with Crippen molar-refractivity contribution in [3.8, 4) is 0 Å². The Hall–Kier alpha value is -2.40. The molecule has 5 heteroatoms. The highest BCUT2D eigenvalue weighted by atomic mass is 79.9. The molecule has 1 N–H and O–H groups in total. The predicted molar refractivity (Wildman–Crippen MR) is 103 cm³/mol. The molecule has 0 fully saturated rings. The van der Waals surface area contributed by atoms with E-state index in [1.807, 2.05) is 48.5 Å². The molecule has 25 heavy (non-hydrogen) atoms. The maximum Gasteiger partial charge on any atom is 0.331 e. The molecule has 130 valence electrons. The van der Waals surface area contributed by atoms with Crippen LogP contribution in [0.2, 0.25) is 0 Å². The summed E-state index contributed by atoms with van der Waals surface area (Å²) in [4.78, 5) is 23.7. The maximum absolute atomic E-state index is 12.0. The fourth-order valence-corrected chi connectivity index (χ4v) is 2.68. The fraction of sp³-hybridized carbons (Fsp3) is 0.200. The molecule has 0 aromatic heterocycles. The van der Waals surface area contributed by atoms with Crippen LogP contribution in [0.4, 0.5) is 5.69 Å². The van der Waals surface area contributed by atoms with Crippen LogP contribution in [-0.2, 0) is 14.3 Å². The number of amides is 1. The number of para-hydroxylation sites is 1. The first-order valence-corrected chi connectivity index (χ1v) is 8.74. The second-order valence-electron chi connectivity index (χ2n) is 5.79. The van der Waals surface area contributed by atoms with Crippen LogP contribution in [0.15, 0.2) is 59.1 Å². The number of halogens is 1. The Morgan fingerprint density at radius 2 is 1.92 bits per heavy atom. The van der Waals surface area contributed by atoms with Gasteiger partial charge in [0, 0.05) is 16.2 Å². The number of ether oxygens (including phenoxy) is 1. The summed E-state index contributed by atoms with van der Waals surface area (Å²) >= 11 is 3.36. The number of hydrogen-bond acceptors (Lipinski definition) is 3. The van der Waals surface area contributed by atoms with Crippen molar-refractivity contribution in [3.05, 3.63) is 70.2 Å². The number of benzene rings is 2. The van der Waals surface area contributed by atoms with Gasteiger partial charge < -0.3 is 10.1 Å². The minimum absolute atomic E-state index is 0.284. The van der Waals surface area contributed by atoms with Crippen molar-refractivity contribution < 1.29 is 14.3 Å². The summed E-state index contributed by atoms with van der Waals surface area (Å²) in [5.74, 6) is -0.642. The van der Waals surface area contributed by atoms with Gasteiger partial charge in [-0.05, 0) is 41.3 Å². The van der Waals surface area contributed by atoms with E-state index in [4.69, 9.17) is 4.74 Å². The minimum Gasteiger partial charge on any atom is -0.452 e. The Labute approximate surface area is 156 Å². The molecule has 0 atom stereocenters. The molecular formula is C20H20BrNO3. The minimum atomic E-state index is -0.563. The van der Waals surface area contributed by atoms with Gasteiger partial charge in [0.05, 0.1) is 0 Å². The van der Waals surface area contributed by atoms with Crippen molar-refractivity contribution in [1.82, 2.24) is 0 Å². The Bertz CT molecular complexity index is 784. The van der Waals surface area contributed by atoms with Crippen molar-refractivity contribution >= 4 is 39.6 Å². The molecule has 2 aromatic carbocycles. The lowest BCUT2D eigenvalue weighted by molar-refractivity contribution is -0.142. The largest absolute Gasteiger partial charge is 0.452 e. The Kier molecular flexibility index (Phi) is 6.95. The molecule has 0 unspecified atom stereocenters. The third kappa shape index (κ3) is 6.19. The molecule has 0 saturated heterocycles. The van der Waals surface area contributed by atoms with Crippen molar-refractivity contribution in [2.75, 3.05) is 11.9 Å². The normalized spacial score (nSPS) is 10.9. The van der Waals surface area contributed by atoms with Crippen molar-refractivity contribution in [2.45, 2.75) is 19.8 Å². The van der Waals surface area contributed by atoms with E-state index in [0.29, 0.717) is 0 Å². The molecule has 0 bridgehead atoms. The Balaban J connectivity index is 1.87. The van der Waals surface area contributed by atoms with E-state index in [0.717, 1.165) is 21.3 Å². The van der Waals surface area contributed by atoms with Gasteiger partial charge in [0.1, 0.15) is 0 Å². The highest BCUT2D eigenvalue weighted by Crippen LogP contribution is 2.23. The third-order valence-electron chi connectivity index (χ3n) is 3.46. The summed E-state index contributed by atoms with van der Waals surface area (Å²) in [5.41, 5.74) is 2.64. The quantitative estimate of drug-likeness (QED) is 0.560. The zero-order chi connectivity index (χ0) is 18.2. The maximum atomic E-state index is 12.0. The molecule has 2 rings (SSSR count). The summed E-state index contributed by atoms with van der Waals surface area (Å²) in [6.07, 6.45) is 2.94. The fourth-order valence-electron chi connectivity index (χ4n) is 2.26. The van der Waals surface area contributed by atoms with Gasteiger partial charge in [-0.25, -0.2) is 4.79 Å². The van der Waals surface area contributed by atoms with Crippen LogP contribution in [-0.4, -0.2) is 18.5 Å². The lowest BCUT2D eigenvalue weighted by Gasteiger charge is -2.13. The third-order valence-corrected chi connectivity index (χ3v) is 3.96. The lowest BCUT2D eigenvalue weighted by Crippen LogP contribution is -2.21. The Morgan fingerprint density at radius 1 is 1.16 bits per heavy atom. The molecule has 1 amide bonds. The summed E-state index contributed by atoms with van der Waals surface area (Å²) in [6, 6.07) is 15.1. The first-order valence-electron chi connectivity index (χ1n) is 7.95. The molecule has 0 aliphatic heterocycles. The van der Waals surface area contributed by atoms with Crippen LogP contribution < -0.4 is 5.32 Å². The molecule has 0 radical (unpaired) electrons. The standard InChI is InChI=1S/C20H20BrNO3/c1-14(2)17-8-3-4-9-18(17)22-19(23)13-25-20(24)11-10-15-6-5-7-16(21)12-15/h3-12,14H,13H2,1-2H3,(H,22,23)/b11-10+. The van der Waals surface area contributed by atoms with Gasteiger partial charge in [-0.15, -0.1) is 0 Å². The summed E-state index contributed by atoms with van der Waals surface area (Å²) in [5, 5.41) is 2.78. The van der Waals surface area contributed by atoms with E-state index < -0.39 is 5.97 Å². The number of carbonyl (C=O) groups is 2. The van der Waals surface area contributed by atoms with Gasteiger partial charge in [-0.2, -0.15) is 0 Å². The topological polar surface area (TPSA) is 55.4 Å². The summed E-state index contributed by atoms with van der Waals surface area (Å²) in [7, 11) is 0. The van der Waals surface area contributed by atoms with E-state index in [-0.39, 0.29) is 18.4 Å². The molecule has 0 heterocycles. The Morgan fingerprint density at radius 3 is 2.64 bits per heavy atom. The smallest absolute Gasteiger partial charge is 0.331 e. The molecule has 2 aromatic rings. The second-order valence-corrected chi connectivity index (χ2v) is 6.70. The van der Waals surface area contributed by atoms with Gasteiger partial charge in [0.25, 0.3) is 5.91 Å². The number of carbonyl (C=O) groups excluding carboxylic acids is 2. The zero-order valence-electron chi connectivity index (χ0n) is 14.2. The molecule has 0 saturated carbocycles. The van der Waals surface area contributed by atoms with E-state index >= 15 is 0 Å². The molecule has 0 aliphatic rings. The van der Waals surface area contributed by atoms with Gasteiger partial charge in [0.15, 0.2) is 6.61 Å². The highest BCUT2D eigenvalue weighted by molar-refractivity contribution is 9.10. The van der Waals surface area contributed by atoms with Crippen molar-refractivity contribution in [1.29, 1.82) is 0 Å². The number of esters is 1. The van der Waals surface area contributed by atoms with Gasteiger partial charge in [0.2, 0.25) is 0 Å². The highest BCUT2D eigenvalue weighted by Gasteiger charge is 2.10. The van der Waals surface area contributed by atoms with E-state index in [1.165, 1.54) is 6.08 Å². The van der Waals surface area contributed by atoms with Crippen molar-refractivity contribution in [2.24, 2.45) is 0 Å². The number of rotatable bonds is 6. The van der Waals surface area contributed by atoms with Crippen LogP contribution in [0.5, 0.6) is 0 Å². The number of nitrogens with one attached hydrogen (secondary N) is 1. The monoisotopic (exact) mass is 401 g/mol. The molecule has 0 aliphatic carbocycles. The van der Waals surface area contributed by atoms with E-state index in [9.17, 15) is 9.59 Å². The van der Waals surface area contributed by atoms with Crippen LogP contribution in [0.25, 0.3) is 6.08 Å². The van der Waals surface area contributed by atoms with Gasteiger partial charge in [-0.3, -0.25) is 4.79 Å². The first kappa shape index (κ1) is 18.9. The van der Waals surface area contributed by atoms with Gasteiger partial charge >= 0.3 is 5.97 Å². The van der Waals surface area contributed by atoms with E-state index in [2.05, 4.69) is 35.1 Å². The lowest BCUT2D eigenvalue weighted by atomic mass is 10.0. The molecule has 4 nitrogen and oxygen atoms in total. The molecule has 0 spiro atoms. The summed E-state index contributed by atoms with van der Waals surface area (Å²) in [6.45, 7) is 3.78. The zero-order valence-corrected chi connectivity index (χ0v) is 15.7. The SMILES string of the molecule is CC(C)c1ccccc1NC(=O)COC(=O)/C=C/c1cccc(Br)c1. The van der Waals surface area contributed by atoms with Crippen molar-refractivity contribution in [3.63, 3.8) is 0 Å². The average molecular weight is 402 g/mol. The number of anilines is 1.